The van der Waals surface area contributed by atoms with E-state index in [2.05, 4.69) is 29.0 Å². The van der Waals surface area contributed by atoms with Crippen molar-refractivity contribution < 1.29 is 27.4 Å². The molecule has 8 heteroatoms. The number of hydrogen-bond acceptors (Lipinski definition) is 5. The summed E-state index contributed by atoms with van der Waals surface area (Å²) in [6.45, 7) is 3.95. The molecule has 0 aliphatic carbocycles. The molecule has 0 radical (unpaired) electrons. The van der Waals surface area contributed by atoms with Crippen molar-refractivity contribution in [2.24, 2.45) is 0 Å². The molecule has 0 fully saturated rings. The van der Waals surface area contributed by atoms with E-state index in [9.17, 15) is 18.0 Å². The number of alkyl halides is 3. The summed E-state index contributed by atoms with van der Waals surface area (Å²) in [4.78, 5) is 21.1. The molecule has 1 heterocycles. The molecule has 0 spiro atoms. The van der Waals surface area contributed by atoms with Gasteiger partial charge in [0.1, 0.15) is 5.75 Å². The molecule has 0 aliphatic heterocycles. The van der Waals surface area contributed by atoms with Gasteiger partial charge in [-0.2, -0.15) is 13.2 Å². The van der Waals surface area contributed by atoms with Crippen molar-refractivity contribution >= 4 is 5.97 Å². The Morgan fingerprint density at radius 1 is 0.875 bits per heavy atom. The predicted octanol–water partition coefficient (Wildman–Crippen LogP) is 8.48. The highest BCUT2D eigenvalue weighted by Crippen LogP contribution is 2.27. The number of aromatic nitrogens is 2. The molecular formula is C32H39F3N2O3. The van der Waals surface area contributed by atoms with Gasteiger partial charge in [0.15, 0.2) is 5.82 Å². The Balaban J connectivity index is 1.43. The number of nitrogens with zero attached hydrogens (tertiary/aromatic N) is 2. The van der Waals surface area contributed by atoms with E-state index in [1.54, 1.807) is 30.6 Å². The first kappa shape index (κ1) is 31.3. The molecule has 2 atom stereocenters. The maximum absolute atomic E-state index is 13.4. The maximum atomic E-state index is 13.4. The Bertz CT molecular complexity index is 1140. The normalized spacial score (nSPS) is 13.1. The molecule has 40 heavy (non-hydrogen) atoms. The van der Waals surface area contributed by atoms with Crippen LogP contribution in [0.1, 0.15) is 82.3 Å². The van der Waals surface area contributed by atoms with Crippen LogP contribution in [0.4, 0.5) is 13.2 Å². The lowest BCUT2D eigenvalue weighted by Crippen LogP contribution is -2.42. The highest BCUT2D eigenvalue weighted by molar-refractivity contribution is 5.78. The number of carbonyl (C=O) groups excluding carboxylic acids is 1. The number of carbonyl (C=O) groups is 1. The van der Waals surface area contributed by atoms with Crippen molar-refractivity contribution in [3.8, 4) is 17.1 Å². The van der Waals surface area contributed by atoms with Gasteiger partial charge >= 0.3 is 12.1 Å². The van der Waals surface area contributed by atoms with Crippen molar-refractivity contribution in [2.45, 2.75) is 89.8 Å². The lowest BCUT2D eigenvalue weighted by atomic mass is 9.99. The topological polar surface area (TPSA) is 61.3 Å². The number of hydrogen-bond donors (Lipinski definition) is 0. The molecule has 216 valence electrons. The van der Waals surface area contributed by atoms with Crippen molar-refractivity contribution in [1.82, 2.24) is 9.97 Å². The Morgan fingerprint density at radius 2 is 1.52 bits per heavy atom. The van der Waals surface area contributed by atoms with Crippen LogP contribution in [-0.2, 0) is 16.0 Å². The van der Waals surface area contributed by atoms with E-state index in [-0.39, 0.29) is 18.3 Å². The zero-order valence-electron chi connectivity index (χ0n) is 23.3. The molecular weight excluding hydrogens is 517 g/mol. The SMILES string of the molecule is CCCCCCCCc1ccc(-c2ncc(C(C)CCCOC(C(=O)Oc3ccccc3)C(F)(F)F)cn2)cc1. The fraction of sp³-hybridized carbons (Fsp3) is 0.469. The number of benzene rings is 2. The molecule has 5 nitrogen and oxygen atoms in total. The number of unbranched alkanes of at least 4 members (excludes halogenated alkanes) is 5. The minimum absolute atomic E-state index is 0.0120. The summed E-state index contributed by atoms with van der Waals surface area (Å²) < 4.78 is 49.9. The Morgan fingerprint density at radius 3 is 2.17 bits per heavy atom. The summed E-state index contributed by atoms with van der Waals surface area (Å²) in [5.74, 6) is -0.800. The molecule has 0 saturated heterocycles. The second-order valence-electron chi connectivity index (χ2n) is 10.1. The van der Waals surface area contributed by atoms with Gasteiger partial charge in [-0.1, -0.05) is 88.4 Å². The minimum Gasteiger partial charge on any atom is -0.424 e. The van der Waals surface area contributed by atoms with E-state index in [1.165, 1.54) is 56.2 Å². The van der Waals surface area contributed by atoms with Crippen LogP contribution in [0, 0.1) is 0 Å². The third kappa shape index (κ3) is 10.4. The van der Waals surface area contributed by atoms with Gasteiger partial charge in [-0.05, 0) is 54.9 Å². The number of rotatable bonds is 16. The van der Waals surface area contributed by atoms with Gasteiger partial charge in [0.2, 0.25) is 0 Å². The zero-order valence-corrected chi connectivity index (χ0v) is 23.3. The second kappa shape index (κ2) is 16.1. The van der Waals surface area contributed by atoms with Gasteiger partial charge in [-0.25, -0.2) is 14.8 Å². The molecule has 3 aromatic rings. The first-order chi connectivity index (χ1) is 19.3. The average Bonchev–Trinajstić information content (AvgIpc) is 2.95. The average molecular weight is 557 g/mol. The van der Waals surface area contributed by atoms with Crippen molar-refractivity contribution in [3.05, 3.63) is 78.1 Å². The van der Waals surface area contributed by atoms with E-state index >= 15 is 0 Å². The zero-order chi connectivity index (χ0) is 28.8. The lowest BCUT2D eigenvalue weighted by Gasteiger charge is -2.20. The van der Waals surface area contributed by atoms with Crippen molar-refractivity contribution in [1.29, 1.82) is 0 Å². The summed E-state index contributed by atoms with van der Waals surface area (Å²) in [6.07, 6.45) is 5.63. The van der Waals surface area contributed by atoms with Crippen molar-refractivity contribution in [2.75, 3.05) is 6.61 Å². The first-order valence-corrected chi connectivity index (χ1v) is 14.1. The fourth-order valence-electron chi connectivity index (χ4n) is 4.38. The summed E-state index contributed by atoms with van der Waals surface area (Å²) in [6, 6.07) is 16.0. The molecule has 0 bridgehead atoms. The van der Waals surface area contributed by atoms with Crippen molar-refractivity contribution in [3.63, 3.8) is 0 Å². The second-order valence-corrected chi connectivity index (χ2v) is 10.1. The third-order valence-corrected chi connectivity index (χ3v) is 6.81. The standard InChI is InChI=1S/C32H39F3N2O3/c1-3-4-5-6-7-9-14-25-17-19-26(20-18-25)30-36-22-27(23-37-30)24(2)13-12-21-39-29(32(33,34)35)31(38)40-28-15-10-8-11-16-28/h8,10-11,15-20,22-24,29H,3-7,9,12-14,21H2,1-2H3. The quantitative estimate of drug-likeness (QED) is 0.101. The first-order valence-electron chi connectivity index (χ1n) is 14.1. The maximum Gasteiger partial charge on any atom is 0.425 e. The van der Waals surface area contributed by atoms with Gasteiger partial charge in [0.25, 0.3) is 6.10 Å². The van der Waals surface area contributed by atoms with Crippen LogP contribution in [0.3, 0.4) is 0 Å². The van der Waals surface area contributed by atoms with Gasteiger partial charge in [0.05, 0.1) is 0 Å². The largest absolute Gasteiger partial charge is 0.425 e. The van der Waals surface area contributed by atoms with E-state index in [0.717, 1.165) is 17.5 Å². The van der Waals surface area contributed by atoms with Gasteiger partial charge in [-0.15, -0.1) is 0 Å². The molecule has 1 aromatic heterocycles. The number of aryl methyl sites for hydroxylation is 1. The van der Waals surface area contributed by atoms with Crippen LogP contribution in [0.25, 0.3) is 11.4 Å². The number of para-hydroxylation sites is 1. The Kier molecular flexibility index (Phi) is 12.6. The molecule has 0 N–H and O–H groups in total. The Hall–Kier alpha value is -3.26. The summed E-state index contributed by atoms with van der Waals surface area (Å²) >= 11 is 0. The number of halogens is 3. The van der Waals surface area contributed by atoms with Crippen LogP contribution < -0.4 is 4.74 Å². The van der Waals surface area contributed by atoms with Crippen LogP contribution in [0.5, 0.6) is 5.75 Å². The molecule has 2 unspecified atom stereocenters. The Labute approximate surface area is 235 Å². The molecule has 2 aromatic carbocycles. The smallest absolute Gasteiger partial charge is 0.424 e. The molecule has 0 amide bonds. The monoisotopic (exact) mass is 556 g/mol. The highest BCUT2D eigenvalue weighted by atomic mass is 19.4. The van der Waals surface area contributed by atoms with Gasteiger partial charge in [0, 0.05) is 24.6 Å². The molecule has 0 saturated carbocycles. The van der Waals surface area contributed by atoms with Crippen LogP contribution >= 0.6 is 0 Å². The highest BCUT2D eigenvalue weighted by Gasteiger charge is 2.47. The number of ether oxygens (including phenoxy) is 2. The fourth-order valence-corrected chi connectivity index (χ4v) is 4.38. The van der Waals surface area contributed by atoms with E-state index in [1.807, 2.05) is 19.1 Å². The van der Waals surface area contributed by atoms with Crippen LogP contribution in [0.2, 0.25) is 0 Å². The molecule has 3 rings (SSSR count). The van der Waals surface area contributed by atoms with Gasteiger partial charge in [-0.3, -0.25) is 0 Å². The summed E-state index contributed by atoms with van der Waals surface area (Å²) in [5.41, 5.74) is 3.15. The summed E-state index contributed by atoms with van der Waals surface area (Å²) in [5, 5.41) is 0. The lowest BCUT2D eigenvalue weighted by molar-refractivity contribution is -0.225. The van der Waals surface area contributed by atoms with Crippen LogP contribution in [0.15, 0.2) is 67.0 Å². The van der Waals surface area contributed by atoms with E-state index in [4.69, 9.17) is 9.47 Å². The van der Waals surface area contributed by atoms with E-state index in [0.29, 0.717) is 18.7 Å². The van der Waals surface area contributed by atoms with Gasteiger partial charge < -0.3 is 9.47 Å². The molecule has 0 aliphatic rings. The van der Waals surface area contributed by atoms with Crippen LogP contribution in [-0.4, -0.2) is 34.8 Å². The number of esters is 1. The van der Waals surface area contributed by atoms with E-state index < -0.39 is 18.2 Å². The third-order valence-electron chi connectivity index (χ3n) is 6.81. The predicted molar refractivity (Wildman–Crippen MR) is 150 cm³/mol. The minimum atomic E-state index is -4.87. The summed E-state index contributed by atoms with van der Waals surface area (Å²) in [7, 11) is 0.